The first-order valence-corrected chi connectivity index (χ1v) is 8.96. The molecule has 2 aromatic rings. The zero-order chi connectivity index (χ0) is 16.0. The molecule has 7 heteroatoms. The van der Waals surface area contributed by atoms with Gasteiger partial charge in [-0.3, -0.25) is 4.79 Å². The summed E-state index contributed by atoms with van der Waals surface area (Å²) in [5.41, 5.74) is 1.60. The molecule has 0 bridgehead atoms. The summed E-state index contributed by atoms with van der Waals surface area (Å²) in [4.78, 5) is 20.3. The lowest BCUT2D eigenvalue weighted by atomic mass is 9.96. The summed E-state index contributed by atoms with van der Waals surface area (Å²) in [6.07, 6.45) is 4.29. The van der Waals surface area contributed by atoms with Gasteiger partial charge in [-0.05, 0) is 51.1 Å². The molecule has 1 unspecified atom stereocenters. The maximum absolute atomic E-state index is 12.8. The van der Waals surface area contributed by atoms with E-state index in [4.69, 9.17) is 4.52 Å². The fourth-order valence-electron chi connectivity index (χ4n) is 3.23. The molecule has 2 fully saturated rings. The lowest BCUT2D eigenvalue weighted by molar-refractivity contribution is 0.0702. The van der Waals surface area contributed by atoms with E-state index in [1.807, 2.05) is 18.7 Å². The molecule has 1 amide bonds. The van der Waals surface area contributed by atoms with Crippen molar-refractivity contribution in [1.29, 1.82) is 0 Å². The van der Waals surface area contributed by atoms with E-state index in [9.17, 15) is 4.79 Å². The van der Waals surface area contributed by atoms with Crippen LogP contribution < -0.4 is 0 Å². The summed E-state index contributed by atoms with van der Waals surface area (Å²) in [5, 5.41) is 4.16. The number of carbonyl (C=O) groups excluding carboxylic acids is 1. The predicted molar refractivity (Wildman–Crippen MR) is 85.7 cm³/mol. The van der Waals surface area contributed by atoms with Crippen LogP contribution in [0.1, 0.15) is 70.2 Å². The summed E-state index contributed by atoms with van der Waals surface area (Å²) in [6.45, 7) is 5.31. The summed E-state index contributed by atoms with van der Waals surface area (Å²) >= 11 is 1.40. The lowest BCUT2D eigenvalue weighted by Gasteiger charge is -2.31. The second-order valence-electron chi connectivity index (χ2n) is 6.55. The standard InChI is InChI=1S/C16H20N4O2S/c1-9-13(10(2)23-19-9)16(21)20-7-3-4-12(8-20)14-17-15(22-18-14)11-5-6-11/h11-12H,3-8H2,1-2H3. The molecule has 2 aromatic heterocycles. The van der Waals surface area contributed by atoms with Gasteiger partial charge in [0.1, 0.15) is 0 Å². The van der Waals surface area contributed by atoms with Gasteiger partial charge in [-0.1, -0.05) is 5.16 Å². The molecular formula is C16H20N4O2S. The first kappa shape index (κ1) is 14.8. The maximum Gasteiger partial charge on any atom is 0.256 e. The molecule has 0 N–H and O–H groups in total. The van der Waals surface area contributed by atoms with Crippen molar-refractivity contribution in [2.24, 2.45) is 0 Å². The third-order valence-corrected chi connectivity index (χ3v) is 5.55. The number of piperidine rings is 1. The molecule has 1 aliphatic heterocycles. The molecular weight excluding hydrogens is 312 g/mol. The van der Waals surface area contributed by atoms with Gasteiger partial charge in [0.2, 0.25) is 5.89 Å². The van der Waals surface area contributed by atoms with Gasteiger partial charge < -0.3 is 9.42 Å². The fourth-order valence-corrected chi connectivity index (χ4v) is 3.92. The van der Waals surface area contributed by atoms with Gasteiger partial charge >= 0.3 is 0 Å². The second kappa shape index (κ2) is 5.70. The number of hydrogen-bond donors (Lipinski definition) is 0. The van der Waals surface area contributed by atoms with E-state index in [1.165, 1.54) is 11.5 Å². The third kappa shape index (κ3) is 2.78. The Morgan fingerprint density at radius 2 is 2.09 bits per heavy atom. The Balaban J connectivity index is 1.51. The van der Waals surface area contributed by atoms with Crippen molar-refractivity contribution in [3.8, 4) is 0 Å². The summed E-state index contributed by atoms with van der Waals surface area (Å²) < 4.78 is 9.67. The highest BCUT2D eigenvalue weighted by atomic mass is 32.1. The van der Waals surface area contributed by atoms with Crippen molar-refractivity contribution in [3.05, 3.63) is 27.8 Å². The Kier molecular flexibility index (Phi) is 3.67. The molecule has 1 saturated carbocycles. The van der Waals surface area contributed by atoms with Crippen LogP contribution in [-0.4, -0.2) is 38.4 Å². The number of carbonyl (C=O) groups is 1. The minimum absolute atomic E-state index is 0.0874. The Hall–Kier alpha value is -1.76. The molecule has 1 atom stereocenters. The van der Waals surface area contributed by atoms with Gasteiger partial charge in [0.05, 0.1) is 11.3 Å². The number of amides is 1. The van der Waals surface area contributed by atoms with Crippen molar-refractivity contribution in [1.82, 2.24) is 19.4 Å². The molecule has 23 heavy (non-hydrogen) atoms. The molecule has 0 spiro atoms. The molecule has 2 aliphatic rings. The number of hydrogen-bond acceptors (Lipinski definition) is 6. The number of nitrogens with zero attached hydrogens (tertiary/aromatic N) is 4. The lowest BCUT2D eigenvalue weighted by Crippen LogP contribution is -2.39. The fraction of sp³-hybridized carbons (Fsp3) is 0.625. The normalized spacial score (nSPS) is 21.7. The number of likely N-dealkylation sites (tertiary alicyclic amines) is 1. The highest BCUT2D eigenvalue weighted by molar-refractivity contribution is 7.06. The van der Waals surface area contributed by atoms with Gasteiger partial charge in [-0.15, -0.1) is 0 Å². The first-order valence-electron chi connectivity index (χ1n) is 8.19. The average molecular weight is 332 g/mol. The zero-order valence-corrected chi connectivity index (χ0v) is 14.2. The summed E-state index contributed by atoms with van der Waals surface area (Å²) in [5.74, 6) is 2.28. The summed E-state index contributed by atoms with van der Waals surface area (Å²) in [6, 6.07) is 0. The Morgan fingerprint density at radius 1 is 1.26 bits per heavy atom. The summed E-state index contributed by atoms with van der Waals surface area (Å²) in [7, 11) is 0. The van der Waals surface area contributed by atoms with Crippen LogP contribution >= 0.6 is 11.5 Å². The third-order valence-electron chi connectivity index (χ3n) is 4.71. The van der Waals surface area contributed by atoms with Crippen LogP contribution in [0.4, 0.5) is 0 Å². The first-order chi connectivity index (χ1) is 11.1. The van der Waals surface area contributed by atoms with E-state index >= 15 is 0 Å². The largest absolute Gasteiger partial charge is 0.339 e. The highest BCUT2D eigenvalue weighted by Gasteiger charge is 2.33. The SMILES string of the molecule is Cc1nsc(C)c1C(=O)N1CCCC(c2noc(C3CC3)n2)C1. The number of rotatable bonds is 3. The van der Waals surface area contributed by atoms with Gasteiger partial charge in [-0.2, -0.15) is 9.36 Å². The van der Waals surface area contributed by atoms with Crippen LogP contribution in [0.2, 0.25) is 0 Å². The van der Waals surface area contributed by atoms with Crippen molar-refractivity contribution < 1.29 is 9.32 Å². The van der Waals surface area contributed by atoms with E-state index in [2.05, 4.69) is 14.5 Å². The Bertz CT molecular complexity index is 715. The molecule has 1 saturated heterocycles. The minimum Gasteiger partial charge on any atom is -0.339 e. The molecule has 4 rings (SSSR count). The van der Waals surface area contributed by atoms with Gasteiger partial charge in [0.25, 0.3) is 5.91 Å². The predicted octanol–water partition coefficient (Wildman–Crippen LogP) is 3.04. The van der Waals surface area contributed by atoms with E-state index in [0.717, 1.165) is 60.1 Å². The Labute approximate surface area is 139 Å². The topological polar surface area (TPSA) is 72.1 Å². The van der Waals surface area contributed by atoms with Crippen LogP contribution in [-0.2, 0) is 0 Å². The molecule has 0 aromatic carbocycles. The monoisotopic (exact) mass is 332 g/mol. The molecule has 0 radical (unpaired) electrons. The van der Waals surface area contributed by atoms with E-state index in [0.29, 0.717) is 12.5 Å². The van der Waals surface area contributed by atoms with Gasteiger partial charge in [0.15, 0.2) is 5.82 Å². The van der Waals surface area contributed by atoms with Crippen LogP contribution in [0.25, 0.3) is 0 Å². The van der Waals surface area contributed by atoms with Gasteiger partial charge in [0, 0.05) is 29.8 Å². The Morgan fingerprint density at radius 3 is 2.78 bits per heavy atom. The molecule has 1 aliphatic carbocycles. The van der Waals surface area contributed by atoms with Crippen LogP contribution in [0, 0.1) is 13.8 Å². The van der Waals surface area contributed by atoms with Crippen LogP contribution in [0.5, 0.6) is 0 Å². The molecule has 122 valence electrons. The van der Waals surface area contributed by atoms with Gasteiger partial charge in [-0.25, -0.2) is 0 Å². The van der Waals surface area contributed by atoms with Crippen LogP contribution in [0.3, 0.4) is 0 Å². The average Bonchev–Trinajstić information content (AvgIpc) is 3.20. The molecule has 6 nitrogen and oxygen atoms in total. The second-order valence-corrected chi connectivity index (χ2v) is 7.53. The minimum atomic E-state index is 0.0874. The van der Waals surface area contributed by atoms with E-state index in [1.54, 1.807) is 0 Å². The number of aromatic nitrogens is 3. The van der Waals surface area contributed by atoms with Crippen molar-refractivity contribution in [2.75, 3.05) is 13.1 Å². The van der Waals surface area contributed by atoms with Crippen molar-refractivity contribution in [3.63, 3.8) is 0 Å². The quantitative estimate of drug-likeness (QED) is 0.864. The zero-order valence-electron chi connectivity index (χ0n) is 13.4. The highest BCUT2D eigenvalue weighted by Crippen LogP contribution is 2.39. The van der Waals surface area contributed by atoms with E-state index < -0.39 is 0 Å². The molecule has 3 heterocycles. The smallest absolute Gasteiger partial charge is 0.256 e. The van der Waals surface area contributed by atoms with E-state index in [-0.39, 0.29) is 11.8 Å². The van der Waals surface area contributed by atoms with Crippen molar-refractivity contribution >= 4 is 17.4 Å². The van der Waals surface area contributed by atoms with Crippen LogP contribution in [0.15, 0.2) is 4.52 Å². The van der Waals surface area contributed by atoms with Crippen molar-refractivity contribution in [2.45, 2.75) is 51.4 Å². The maximum atomic E-state index is 12.8. The number of aryl methyl sites for hydroxylation is 2.